The van der Waals surface area contributed by atoms with Crippen molar-refractivity contribution in [2.75, 3.05) is 13.2 Å². The highest BCUT2D eigenvalue weighted by molar-refractivity contribution is 6.76. The van der Waals surface area contributed by atoms with Crippen LogP contribution in [-0.2, 0) is 4.74 Å². The zero-order chi connectivity index (χ0) is 12.0. The van der Waals surface area contributed by atoms with Gasteiger partial charge in [-0.3, -0.25) is 0 Å². The van der Waals surface area contributed by atoms with E-state index in [0.29, 0.717) is 6.61 Å². The van der Waals surface area contributed by atoms with Crippen molar-refractivity contribution in [3.63, 3.8) is 0 Å². The quantitative estimate of drug-likeness (QED) is 0.540. The molecule has 1 rings (SSSR count). The van der Waals surface area contributed by atoms with Crippen molar-refractivity contribution in [3.8, 4) is 6.07 Å². The van der Waals surface area contributed by atoms with E-state index in [1.165, 1.54) is 6.04 Å². The van der Waals surface area contributed by atoms with Gasteiger partial charge in [-0.2, -0.15) is 5.26 Å². The van der Waals surface area contributed by atoms with E-state index < -0.39 is 8.07 Å². The van der Waals surface area contributed by atoms with E-state index in [-0.39, 0.29) is 5.92 Å². The van der Waals surface area contributed by atoms with Gasteiger partial charge in [0.25, 0.3) is 0 Å². The Morgan fingerprint density at radius 1 is 1.50 bits per heavy atom. The van der Waals surface area contributed by atoms with Crippen LogP contribution in [0.3, 0.4) is 0 Å². The van der Waals surface area contributed by atoms with E-state index >= 15 is 0 Å². The second kappa shape index (κ2) is 6.02. The van der Waals surface area contributed by atoms with Crippen LogP contribution in [0.1, 0.15) is 6.42 Å². The zero-order valence-corrected chi connectivity index (χ0v) is 11.5. The van der Waals surface area contributed by atoms with Gasteiger partial charge in [-0.25, -0.2) is 0 Å². The first-order chi connectivity index (χ1) is 7.53. The van der Waals surface area contributed by atoms with Crippen LogP contribution in [0.15, 0.2) is 23.8 Å². The summed E-state index contributed by atoms with van der Waals surface area (Å²) in [7, 11) is -0.988. The third kappa shape index (κ3) is 4.78. The number of hydrogen-bond donors (Lipinski definition) is 0. The predicted octanol–water partition coefficient (Wildman–Crippen LogP) is 3.37. The maximum absolute atomic E-state index is 8.95. The summed E-state index contributed by atoms with van der Waals surface area (Å²) in [5.74, 6) is 0.275. The van der Waals surface area contributed by atoms with Gasteiger partial charge in [0.05, 0.1) is 12.7 Å². The Morgan fingerprint density at radius 3 is 2.88 bits per heavy atom. The molecule has 1 unspecified atom stereocenters. The van der Waals surface area contributed by atoms with Crippen LogP contribution in [0.25, 0.3) is 0 Å². The van der Waals surface area contributed by atoms with Crippen LogP contribution in [-0.4, -0.2) is 21.3 Å². The molecular weight excluding hydrogens is 214 g/mol. The van der Waals surface area contributed by atoms with Crippen molar-refractivity contribution < 1.29 is 4.74 Å². The van der Waals surface area contributed by atoms with Crippen molar-refractivity contribution in [2.24, 2.45) is 5.92 Å². The molecule has 0 saturated carbocycles. The highest BCUT2D eigenvalue weighted by atomic mass is 28.3. The highest BCUT2D eigenvalue weighted by Crippen LogP contribution is 2.20. The first kappa shape index (κ1) is 13.2. The molecule has 0 N–H and O–H groups in total. The normalized spacial score (nSPS) is 20.4. The molecule has 0 aromatic heterocycles. The maximum atomic E-state index is 8.95. The van der Waals surface area contributed by atoms with E-state index in [9.17, 15) is 0 Å². The molecule has 88 valence electrons. The summed E-state index contributed by atoms with van der Waals surface area (Å²) in [6.45, 7) is 8.57. The molecule has 2 nitrogen and oxygen atoms in total. The Bertz CT molecular complexity index is 320. The number of hydrogen-bond acceptors (Lipinski definition) is 2. The van der Waals surface area contributed by atoms with Crippen LogP contribution in [0.5, 0.6) is 0 Å². The summed E-state index contributed by atoms with van der Waals surface area (Å²) < 4.78 is 5.69. The molecule has 16 heavy (non-hydrogen) atoms. The molecule has 0 spiro atoms. The summed E-state index contributed by atoms with van der Waals surface area (Å²) in [4.78, 5) is 0. The van der Waals surface area contributed by atoms with Gasteiger partial charge < -0.3 is 4.74 Å². The second-order valence-corrected chi connectivity index (χ2v) is 11.1. The van der Waals surface area contributed by atoms with Crippen LogP contribution in [0.2, 0.25) is 25.7 Å². The Hall–Kier alpha value is -0.853. The van der Waals surface area contributed by atoms with Gasteiger partial charge in [0.15, 0.2) is 0 Å². The van der Waals surface area contributed by atoms with Gasteiger partial charge in [0.2, 0.25) is 0 Å². The molecule has 0 aliphatic heterocycles. The van der Waals surface area contributed by atoms with Gasteiger partial charge in [-0.1, -0.05) is 31.8 Å². The van der Waals surface area contributed by atoms with E-state index in [1.54, 1.807) is 0 Å². The molecule has 0 aromatic rings. The van der Waals surface area contributed by atoms with Gasteiger partial charge >= 0.3 is 0 Å². The molecule has 0 fully saturated rings. The van der Waals surface area contributed by atoms with Crippen molar-refractivity contribution in [3.05, 3.63) is 23.8 Å². The first-order valence-electron chi connectivity index (χ1n) is 5.87. The average Bonchev–Trinajstić information content (AvgIpc) is 2.23. The molecule has 1 aliphatic rings. The predicted molar refractivity (Wildman–Crippen MR) is 69.9 cm³/mol. The SMILES string of the molecule is C[Si](C)(C)CCOCC1CC=CC=C1C#N. The van der Waals surface area contributed by atoms with Gasteiger partial charge in [0.1, 0.15) is 0 Å². The summed E-state index contributed by atoms with van der Waals surface area (Å²) in [5.41, 5.74) is 0.857. The van der Waals surface area contributed by atoms with E-state index in [0.717, 1.165) is 18.6 Å². The lowest BCUT2D eigenvalue weighted by Gasteiger charge is -2.19. The van der Waals surface area contributed by atoms with Gasteiger partial charge in [-0.05, 0) is 18.5 Å². The lowest BCUT2D eigenvalue weighted by Crippen LogP contribution is -2.23. The molecule has 3 heteroatoms. The molecule has 0 aromatic carbocycles. The van der Waals surface area contributed by atoms with Gasteiger partial charge in [0, 0.05) is 26.2 Å². The Kier molecular flexibility index (Phi) is 4.97. The minimum atomic E-state index is -0.988. The summed E-state index contributed by atoms with van der Waals surface area (Å²) in [5, 5.41) is 8.95. The number of rotatable bonds is 5. The molecule has 0 radical (unpaired) electrons. The number of ether oxygens (including phenoxy) is 1. The fraction of sp³-hybridized carbons (Fsp3) is 0.615. The molecule has 1 aliphatic carbocycles. The fourth-order valence-corrected chi connectivity index (χ4v) is 2.32. The lowest BCUT2D eigenvalue weighted by atomic mass is 9.93. The number of allylic oxidation sites excluding steroid dienone is 3. The second-order valence-electron chi connectivity index (χ2n) is 5.48. The minimum Gasteiger partial charge on any atom is -0.381 e. The zero-order valence-electron chi connectivity index (χ0n) is 10.5. The smallest absolute Gasteiger partial charge is 0.0951 e. The number of nitriles is 1. The van der Waals surface area contributed by atoms with Gasteiger partial charge in [-0.15, -0.1) is 0 Å². The summed E-state index contributed by atoms with van der Waals surface area (Å²) >= 11 is 0. The van der Waals surface area contributed by atoms with Crippen LogP contribution in [0.4, 0.5) is 0 Å². The summed E-state index contributed by atoms with van der Waals surface area (Å²) in [6.07, 6.45) is 6.90. The summed E-state index contributed by atoms with van der Waals surface area (Å²) in [6, 6.07) is 3.45. The molecule has 1 atom stereocenters. The van der Waals surface area contributed by atoms with Crippen molar-refractivity contribution in [2.45, 2.75) is 32.1 Å². The van der Waals surface area contributed by atoms with Crippen molar-refractivity contribution in [1.82, 2.24) is 0 Å². The molecular formula is C13H21NOSi. The molecule has 0 heterocycles. The average molecular weight is 235 g/mol. The van der Waals surface area contributed by atoms with E-state index in [2.05, 4.69) is 31.8 Å². The monoisotopic (exact) mass is 235 g/mol. The Morgan fingerprint density at radius 2 is 2.25 bits per heavy atom. The third-order valence-corrected chi connectivity index (χ3v) is 4.42. The minimum absolute atomic E-state index is 0.275. The van der Waals surface area contributed by atoms with Crippen LogP contribution < -0.4 is 0 Å². The lowest BCUT2D eigenvalue weighted by molar-refractivity contribution is 0.122. The Labute approximate surface area is 99.6 Å². The van der Waals surface area contributed by atoms with Crippen LogP contribution in [0, 0.1) is 17.2 Å². The molecule has 0 saturated heterocycles. The Balaban J connectivity index is 2.26. The molecule has 0 amide bonds. The maximum Gasteiger partial charge on any atom is 0.0951 e. The van der Waals surface area contributed by atoms with Crippen LogP contribution >= 0.6 is 0 Å². The van der Waals surface area contributed by atoms with E-state index in [4.69, 9.17) is 10.00 Å². The first-order valence-corrected chi connectivity index (χ1v) is 9.58. The van der Waals surface area contributed by atoms with Crippen molar-refractivity contribution in [1.29, 1.82) is 5.26 Å². The third-order valence-electron chi connectivity index (χ3n) is 2.72. The topological polar surface area (TPSA) is 33.0 Å². The molecule has 0 bridgehead atoms. The standard InChI is InChI=1S/C13H21NOSi/c1-16(2,3)9-8-15-11-13-7-5-4-6-12(13)10-14/h4-6,13H,7-9,11H2,1-3H3. The largest absolute Gasteiger partial charge is 0.381 e. The highest BCUT2D eigenvalue weighted by Gasteiger charge is 2.16. The fourth-order valence-electron chi connectivity index (χ4n) is 1.57. The van der Waals surface area contributed by atoms with Crippen molar-refractivity contribution >= 4 is 8.07 Å². The van der Waals surface area contributed by atoms with E-state index in [1.807, 2.05) is 12.2 Å². The number of nitrogens with zero attached hydrogens (tertiary/aromatic N) is 1.